The maximum Gasteiger partial charge on any atom is 0.0931 e. The number of rotatable bonds is 6. The van der Waals surface area contributed by atoms with Crippen LogP contribution in [0.25, 0.3) is 0 Å². The minimum absolute atomic E-state index is 0.296. The summed E-state index contributed by atoms with van der Waals surface area (Å²) in [5.41, 5.74) is 1.15. The highest BCUT2D eigenvalue weighted by Gasteiger charge is 2.15. The number of nitrogens with zero attached hydrogens (tertiary/aromatic N) is 1. The first-order chi connectivity index (χ1) is 8.69. The SMILES string of the molecule is CCCNC(Cc1ccc(Cl)s1)c1csc(C)n1. The van der Waals surface area contributed by atoms with Crippen LogP contribution in [-0.4, -0.2) is 11.5 Å². The summed E-state index contributed by atoms with van der Waals surface area (Å²) in [7, 11) is 0. The van der Waals surface area contributed by atoms with E-state index in [2.05, 4.69) is 28.7 Å². The third-order valence-electron chi connectivity index (χ3n) is 2.67. The lowest BCUT2D eigenvalue weighted by Crippen LogP contribution is -2.24. The normalized spacial score (nSPS) is 12.8. The lowest BCUT2D eigenvalue weighted by Gasteiger charge is -2.15. The van der Waals surface area contributed by atoms with Crippen molar-refractivity contribution in [3.05, 3.63) is 37.4 Å². The van der Waals surface area contributed by atoms with Crippen molar-refractivity contribution in [2.75, 3.05) is 6.54 Å². The first-order valence-electron chi connectivity index (χ1n) is 6.08. The molecule has 0 bridgehead atoms. The molecule has 1 N–H and O–H groups in total. The molecule has 0 amide bonds. The van der Waals surface area contributed by atoms with E-state index in [4.69, 9.17) is 11.6 Å². The number of hydrogen-bond donors (Lipinski definition) is 1. The minimum Gasteiger partial charge on any atom is -0.308 e. The second-order valence-corrected chi connectivity index (χ2v) is 7.07. The minimum atomic E-state index is 0.296. The first-order valence-corrected chi connectivity index (χ1v) is 8.16. The Kier molecular flexibility index (Phi) is 5.18. The number of thiophene rings is 1. The zero-order chi connectivity index (χ0) is 13.0. The van der Waals surface area contributed by atoms with Crippen molar-refractivity contribution >= 4 is 34.3 Å². The third-order valence-corrected chi connectivity index (χ3v) is 4.71. The van der Waals surface area contributed by atoms with E-state index in [1.807, 2.05) is 13.0 Å². The Hall–Kier alpha value is -0.420. The predicted octanol–water partition coefficient (Wildman–Crippen LogP) is 4.45. The fourth-order valence-corrected chi connectivity index (χ4v) is 3.60. The molecule has 98 valence electrons. The summed E-state index contributed by atoms with van der Waals surface area (Å²) in [4.78, 5) is 5.90. The molecular weight excluding hydrogens is 284 g/mol. The van der Waals surface area contributed by atoms with Gasteiger partial charge in [0.25, 0.3) is 0 Å². The molecule has 0 saturated heterocycles. The van der Waals surface area contributed by atoms with Crippen LogP contribution in [0.3, 0.4) is 0 Å². The molecule has 2 rings (SSSR count). The Morgan fingerprint density at radius 1 is 1.44 bits per heavy atom. The van der Waals surface area contributed by atoms with Crippen LogP contribution in [-0.2, 0) is 6.42 Å². The molecule has 0 aliphatic carbocycles. The molecule has 0 radical (unpaired) electrons. The van der Waals surface area contributed by atoms with Crippen LogP contribution in [0.5, 0.6) is 0 Å². The van der Waals surface area contributed by atoms with Gasteiger partial charge in [-0.25, -0.2) is 4.98 Å². The van der Waals surface area contributed by atoms with Gasteiger partial charge in [-0.2, -0.15) is 0 Å². The Bertz CT molecular complexity index is 493. The first kappa shape index (κ1) is 14.0. The third kappa shape index (κ3) is 3.79. The highest BCUT2D eigenvalue weighted by molar-refractivity contribution is 7.16. The van der Waals surface area contributed by atoms with Crippen molar-refractivity contribution in [1.29, 1.82) is 0 Å². The largest absolute Gasteiger partial charge is 0.308 e. The molecule has 0 aliphatic heterocycles. The molecule has 18 heavy (non-hydrogen) atoms. The average molecular weight is 301 g/mol. The van der Waals surface area contributed by atoms with E-state index < -0.39 is 0 Å². The zero-order valence-electron chi connectivity index (χ0n) is 10.6. The van der Waals surface area contributed by atoms with E-state index in [9.17, 15) is 0 Å². The van der Waals surface area contributed by atoms with Crippen molar-refractivity contribution in [1.82, 2.24) is 10.3 Å². The van der Waals surface area contributed by atoms with Gasteiger partial charge >= 0.3 is 0 Å². The summed E-state index contributed by atoms with van der Waals surface area (Å²) in [6.07, 6.45) is 2.09. The van der Waals surface area contributed by atoms with Gasteiger partial charge in [0.15, 0.2) is 0 Å². The van der Waals surface area contributed by atoms with Crippen molar-refractivity contribution in [2.24, 2.45) is 0 Å². The van der Waals surface area contributed by atoms with Crippen LogP contribution in [0.15, 0.2) is 17.5 Å². The molecule has 2 nitrogen and oxygen atoms in total. The van der Waals surface area contributed by atoms with Crippen LogP contribution in [0.2, 0.25) is 4.34 Å². The van der Waals surface area contributed by atoms with Gasteiger partial charge in [0.05, 0.1) is 21.1 Å². The molecule has 2 heterocycles. The second kappa shape index (κ2) is 6.66. The quantitative estimate of drug-likeness (QED) is 0.852. The van der Waals surface area contributed by atoms with Gasteiger partial charge in [0.1, 0.15) is 0 Å². The highest BCUT2D eigenvalue weighted by atomic mass is 35.5. The standard InChI is InChI=1S/C13H17ClN2S2/c1-3-6-15-11(12-8-17-9(2)16-12)7-10-4-5-13(14)18-10/h4-5,8,11,15H,3,6-7H2,1-2H3. The molecule has 0 fully saturated rings. The molecule has 1 atom stereocenters. The van der Waals surface area contributed by atoms with Gasteiger partial charge in [0, 0.05) is 16.7 Å². The lowest BCUT2D eigenvalue weighted by atomic mass is 10.1. The van der Waals surface area contributed by atoms with Crippen molar-refractivity contribution in [3.8, 4) is 0 Å². The van der Waals surface area contributed by atoms with Crippen molar-refractivity contribution in [2.45, 2.75) is 32.7 Å². The summed E-state index contributed by atoms with van der Waals surface area (Å²) < 4.78 is 0.855. The van der Waals surface area contributed by atoms with Gasteiger partial charge in [-0.15, -0.1) is 22.7 Å². The van der Waals surface area contributed by atoms with E-state index >= 15 is 0 Å². The Morgan fingerprint density at radius 2 is 2.28 bits per heavy atom. The molecule has 0 aromatic carbocycles. The zero-order valence-corrected chi connectivity index (χ0v) is 13.0. The molecular formula is C13H17ClN2S2. The summed E-state index contributed by atoms with van der Waals surface area (Å²) in [6, 6.07) is 4.36. The van der Waals surface area contributed by atoms with Gasteiger partial charge in [0.2, 0.25) is 0 Å². The summed E-state index contributed by atoms with van der Waals surface area (Å²) in [6.45, 7) is 5.24. The molecule has 1 unspecified atom stereocenters. The average Bonchev–Trinajstić information content (AvgIpc) is 2.93. The molecule has 2 aromatic heterocycles. The van der Waals surface area contributed by atoms with E-state index in [0.29, 0.717) is 6.04 Å². The monoisotopic (exact) mass is 300 g/mol. The second-order valence-electron chi connectivity index (χ2n) is 4.21. The maximum atomic E-state index is 5.98. The van der Waals surface area contributed by atoms with Crippen molar-refractivity contribution < 1.29 is 0 Å². The van der Waals surface area contributed by atoms with Gasteiger partial charge < -0.3 is 5.32 Å². The summed E-state index contributed by atoms with van der Waals surface area (Å²) in [5, 5.41) is 6.84. The van der Waals surface area contributed by atoms with Crippen LogP contribution < -0.4 is 5.32 Å². The smallest absolute Gasteiger partial charge is 0.0931 e. The molecule has 0 spiro atoms. The fourth-order valence-electron chi connectivity index (χ4n) is 1.80. The predicted molar refractivity (Wildman–Crippen MR) is 80.9 cm³/mol. The van der Waals surface area contributed by atoms with E-state index in [0.717, 1.165) is 34.4 Å². The number of aromatic nitrogens is 1. The Morgan fingerprint density at radius 3 is 2.83 bits per heavy atom. The van der Waals surface area contributed by atoms with E-state index in [1.165, 1.54) is 4.88 Å². The van der Waals surface area contributed by atoms with Crippen LogP contribution >= 0.6 is 34.3 Å². The number of hydrogen-bond acceptors (Lipinski definition) is 4. The van der Waals surface area contributed by atoms with Gasteiger partial charge in [-0.1, -0.05) is 18.5 Å². The van der Waals surface area contributed by atoms with E-state index in [-0.39, 0.29) is 0 Å². The van der Waals surface area contributed by atoms with Crippen LogP contribution in [0, 0.1) is 6.92 Å². The molecule has 5 heteroatoms. The lowest BCUT2D eigenvalue weighted by molar-refractivity contribution is 0.522. The van der Waals surface area contributed by atoms with Gasteiger partial charge in [-0.3, -0.25) is 0 Å². The number of thiazole rings is 1. The number of aryl methyl sites for hydroxylation is 1. The molecule has 0 aliphatic rings. The fraction of sp³-hybridized carbons (Fsp3) is 0.462. The molecule has 0 saturated carbocycles. The maximum absolute atomic E-state index is 5.98. The number of halogens is 1. The van der Waals surface area contributed by atoms with Crippen LogP contribution in [0.4, 0.5) is 0 Å². The Labute approximate surface area is 121 Å². The van der Waals surface area contributed by atoms with Crippen LogP contribution in [0.1, 0.15) is 35.0 Å². The van der Waals surface area contributed by atoms with Crippen molar-refractivity contribution in [3.63, 3.8) is 0 Å². The molecule has 2 aromatic rings. The Balaban J connectivity index is 2.09. The summed E-state index contributed by atoms with van der Waals surface area (Å²) >= 11 is 9.34. The highest BCUT2D eigenvalue weighted by Crippen LogP contribution is 2.27. The number of nitrogens with one attached hydrogen (secondary N) is 1. The summed E-state index contributed by atoms with van der Waals surface area (Å²) in [5.74, 6) is 0. The topological polar surface area (TPSA) is 24.9 Å². The van der Waals surface area contributed by atoms with E-state index in [1.54, 1.807) is 22.7 Å². The van der Waals surface area contributed by atoms with Gasteiger partial charge in [-0.05, 0) is 32.0 Å².